The van der Waals surface area contributed by atoms with Crippen LogP contribution in [-0.4, -0.2) is 70.4 Å². The maximum Gasteiger partial charge on any atom is 0.433 e. The van der Waals surface area contributed by atoms with Crippen LogP contribution in [0, 0.1) is 0 Å². The summed E-state index contributed by atoms with van der Waals surface area (Å²) in [7, 11) is 1.51. The first-order valence-corrected chi connectivity index (χ1v) is 12.3. The molecule has 6 rings (SSSR count). The van der Waals surface area contributed by atoms with Gasteiger partial charge < -0.3 is 19.1 Å². The summed E-state index contributed by atoms with van der Waals surface area (Å²) in [5.74, 6) is 1.59. The second-order valence-electron chi connectivity index (χ2n) is 9.31. The van der Waals surface area contributed by atoms with Gasteiger partial charge in [-0.25, -0.2) is 9.50 Å². The van der Waals surface area contributed by atoms with E-state index in [1.54, 1.807) is 29.2 Å². The number of hydrogen-bond donors (Lipinski definition) is 0. The Balaban J connectivity index is 1.20. The molecule has 0 atom stereocenters. The van der Waals surface area contributed by atoms with Crippen LogP contribution in [0.5, 0.6) is 17.2 Å². The second-order valence-corrected chi connectivity index (χ2v) is 9.31. The van der Waals surface area contributed by atoms with Crippen molar-refractivity contribution in [2.45, 2.75) is 12.7 Å². The molecule has 12 heteroatoms. The van der Waals surface area contributed by atoms with Gasteiger partial charge in [-0.1, -0.05) is 6.07 Å². The summed E-state index contributed by atoms with van der Waals surface area (Å²) in [5, 5.41) is 4.02. The average molecular weight is 540 g/mol. The summed E-state index contributed by atoms with van der Waals surface area (Å²) in [6, 6.07) is 14.6. The maximum atomic E-state index is 14.0. The number of carbonyl (C=O) groups excluding carboxylic acids is 1. The summed E-state index contributed by atoms with van der Waals surface area (Å²) in [4.78, 5) is 21.4. The number of carbonyl (C=O) groups is 1. The van der Waals surface area contributed by atoms with E-state index >= 15 is 0 Å². The third kappa shape index (κ3) is 4.94. The number of methoxy groups -OCH3 is 1. The Morgan fingerprint density at radius 1 is 0.974 bits per heavy atom. The van der Waals surface area contributed by atoms with Crippen molar-refractivity contribution in [3.63, 3.8) is 0 Å². The van der Waals surface area contributed by atoms with E-state index < -0.39 is 17.8 Å². The summed E-state index contributed by atoms with van der Waals surface area (Å²) in [6.45, 7) is 2.97. The van der Waals surface area contributed by atoms with Gasteiger partial charge in [-0.3, -0.25) is 9.69 Å². The van der Waals surface area contributed by atoms with Gasteiger partial charge in [-0.2, -0.15) is 18.3 Å². The van der Waals surface area contributed by atoms with Gasteiger partial charge in [0, 0.05) is 44.4 Å². The SMILES string of the molecule is COc1ccc(-c2cc(C(F)(F)F)n3nc(C(=O)N4CCN(Cc5ccc6c(c5)OCO6)CC4)cc3n2)cc1. The Bertz CT molecular complexity index is 1530. The largest absolute Gasteiger partial charge is 0.497 e. The van der Waals surface area contributed by atoms with Crippen molar-refractivity contribution in [3.05, 3.63) is 71.5 Å². The van der Waals surface area contributed by atoms with E-state index in [-0.39, 0.29) is 23.8 Å². The quantitative estimate of drug-likeness (QED) is 0.378. The van der Waals surface area contributed by atoms with E-state index in [1.165, 1.54) is 13.2 Å². The molecule has 0 radical (unpaired) electrons. The first-order valence-electron chi connectivity index (χ1n) is 12.3. The molecule has 4 heterocycles. The molecule has 1 amide bonds. The summed E-state index contributed by atoms with van der Waals surface area (Å²) in [6.07, 6.45) is -4.70. The third-order valence-corrected chi connectivity index (χ3v) is 6.83. The smallest absolute Gasteiger partial charge is 0.433 e. The molecule has 0 bridgehead atoms. The molecule has 1 saturated heterocycles. The number of benzene rings is 2. The molecule has 2 aromatic heterocycles. The van der Waals surface area contributed by atoms with Gasteiger partial charge in [-0.15, -0.1) is 0 Å². The number of amides is 1. The second kappa shape index (κ2) is 9.77. The van der Waals surface area contributed by atoms with Crippen molar-refractivity contribution in [2.75, 3.05) is 40.1 Å². The molecule has 0 saturated carbocycles. The molecule has 0 aliphatic carbocycles. The Hall–Kier alpha value is -4.32. The summed E-state index contributed by atoms with van der Waals surface area (Å²) < 4.78 is 58.5. The van der Waals surface area contributed by atoms with Crippen molar-refractivity contribution in [3.8, 4) is 28.5 Å². The van der Waals surface area contributed by atoms with Gasteiger partial charge >= 0.3 is 6.18 Å². The van der Waals surface area contributed by atoms with Crippen molar-refractivity contribution in [2.24, 2.45) is 0 Å². The van der Waals surface area contributed by atoms with Crippen LogP contribution in [-0.2, 0) is 12.7 Å². The predicted molar refractivity (Wildman–Crippen MR) is 134 cm³/mol. The normalized spacial score (nSPS) is 15.6. The lowest BCUT2D eigenvalue weighted by molar-refractivity contribution is -0.142. The van der Waals surface area contributed by atoms with Crippen LogP contribution >= 0.6 is 0 Å². The first kappa shape index (κ1) is 25.0. The van der Waals surface area contributed by atoms with Crippen LogP contribution in [0.3, 0.4) is 0 Å². The highest BCUT2D eigenvalue weighted by atomic mass is 19.4. The molecule has 2 aliphatic heterocycles. The van der Waals surface area contributed by atoms with Crippen LogP contribution < -0.4 is 14.2 Å². The molecule has 0 spiro atoms. The van der Waals surface area contributed by atoms with E-state index in [9.17, 15) is 18.0 Å². The van der Waals surface area contributed by atoms with Gasteiger partial charge in [0.25, 0.3) is 5.91 Å². The molecule has 9 nitrogen and oxygen atoms in total. The van der Waals surface area contributed by atoms with Gasteiger partial charge in [0.2, 0.25) is 6.79 Å². The number of aromatic nitrogens is 3. The number of nitrogens with zero attached hydrogens (tertiary/aromatic N) is 5. The Morgan fingerprint density at radius 3 is 2.44 bits per heavy atom. The standard InChI is InChI=1S/C27H24F3N5O4/c1-37-19-5-3-18(4-6-19)20-13-24(27(28,29)30)35-25(31-20)14-21(32-35)26(36)34-10-8-33(9-11-34)15-17-2-7-22-23(12-17)39-16-38-22/h2-7,12-14H,8-11,15-16H2,1H3. The van der Waals surface area contributed by atoms with Crippen molar-refractivity contribution in [1.82, 2.24) is 24.4 Å². The van der Waals surface area contributed by atoms with Crippen molar-refractivity contribution in [1.29, 1.82) is 0 Å². The minimum atomic E-state index is -4.70. The Kier molecular flexibility index (Phi) is 6.26. The molecular formula is C27H24F3N5O4. The van der Waals surface area contributed by atoms with Gasteiger partial charge in [0.15, 0.2) is 28.5 Å². The summed E-state index contributed by atoms with van der Waals surface area (Å²) in [5.41, 5.74) is 0.526. The van der Waals surface area contributed by atoms with Crippen LogP contribution in [0.2, 0.25) is 0 Å². The van der Waals surface area contributed by atoms with E-state index in [4.69, 9.17) is 14.2 Å². The van der Waals surface area contributed by atoms with Gasteiger partial charge in [0.1, 0.15) is 5.75 Å². The Labute approximate surface area is 221 Å². The molecular weight excluding hydrogens is 515 g/mol. The monoisotopic (exact) mass is 539 g/mol. The average Bonchev–Trinajstić information content (AvgIpc) is 3.59. The number of ether oxygens (including phenoxy) is 3. The van der Waals surface area contributed by atoms with E-state index in [1.807, 2.05) is 18.2 Å². The molecule has 0 unspecified atom stereocenters. The molecule has 2 aromatic carbocycles. The number of halogens is 3. The van der Waals surface area contributed by atoms with Gasteiger partial charge in [0.05, 0.1) is 12.8 Å². The van der Waals surface area contributed by atoms with Gasteiger partial charge in [-0.05, 0) is 48.0 Å². The molecule has 1 fully saturated rings. The molecule has 2 aliphatic rings. The van der Waals surface area contributed by atoms with Crippen LogP contribution in [0.1, 0.15) is 21.7 Å². The summed E-state index contributed by atoms with van der Waals surface area (Å²) >= 11 is 0. The maximum absolute atomic E-state index is 14.0. The van der Waals surface area contributed by atoms with Crippen molar-refractivity contribution >= 4 is 11.6 Å². The molecule has 202 valence electrons. The number of fused-ring (bicyclic) bond motifs is 2. The van der Waals surface area contributed by atoms with Crippen molar-refractivity contribution < 1.29 is 32.2 Å². The van der Waals surface area contributed by atoms with E-state index in [2.05, 4.69) is 15.0 Å². The Morgan fingerprint density at radius 2 is 1.72 bits per heavy atom. The zero-order valence-electron chi connectivity index (χ0n) is 20.9. The van der Waals surface area contributed by atoms with Crippen LogP contribution in [0.25, 0.3) is 16.9 Å². The van der Waals surface area contributed by atoms with E-state index in [0.29, 0.717) is 48.6 Å². The highest BCUT2D eigenvalue weighted by molar-refractivity contribution is 5.93. The fourth-order valence-corrected chi connectivity index (χ4v) is 4.76. The number of piperazine rings is 1. The topological polar surface area (TPSA) is 81.4 Å². The highest BCUT2D eigenvalue weighted by Crippen LogP contribution is 2.34. The zero-order chi connectivity index (χ0) is 27.1. The molecule has 39 heavy (non-hydrogen) atoms. The zero-order valence-corrected chi connectivity index (χ0v) is 20.9. The first-order chi connectivity index (χ1) is 18.8. The minimum Gasteiger partial charge on any atom is -0.497 e. The molecule has 0 N–H and O–H groups in total. The highest BCUT2D eigenvalue weighted by Gasteiger charge is 2.36. The predicted octanol–water partition coefficient (Wildman–Crippen LogP) is 4.11. The number of rotatable bonds is 5. The fraction of sp³-hybridized carbons (Fsp3) is 0.296. The number of alkyl halides is 3. The lowest BCUT2D eigenvalue weighted by Gasteiger charge is -2.34. The van der Waals surface area contributed by atoms with Crippen LogP contribution in [0.4, 0.5) is 13.2 Å². The fourth-order valence-electron chi connectivity index (χ4n) is 4.76. The third-order valence-electron chi connectivity index (χ3n) is 6.83. The van der Waals surface area contributed by atoms with E-state index in [0.717, 1.165) is 23.1 Å². The lowest BCUT2D eigenvalue weighted by atomic mass is 10.1. The lowest BCUT2D eigenvalue weighted by Crippen LogP contribution is -2.48. The number of hydrogen-bond acceptors (Lipinski definition) is 7. The molecule has 4 aromatic rings. The van der Waals surface area contributed by atoms with Crippen LogP contribution in [0.15, 0.2) is 54.6 Å². The minimum absolute atomic E-state index is 0.0552.